The molecule has 2 aromatic carbocycles. The van der Waals surface area contributed by atoms with E-state index in [0.29, 0.717) is 39.7 Å². The number of carbonyl (C=O) groups is 1. The molecule has 2 aliphatic heterocycles. The predicted octanol–water partition coefficient (Wildman–Crippen LogP) is 5.18. The molecule has 0 spiro atoms. The van der Waals surface area contributed by atoms with E-state index in [4.69, 9.17) is 47.5 Å². The number of esters is 1. The molecule has 13 nitrogen and oxygen atoms in total. The van der Waals surface area contributed by atoms with Crippen LogP contribution >= 0.6 is 43.7 Å². The zero-order chi connectivity index (χ0) is 31.9. The Morgan fingerprint density at radius 3 is 2.71 bits per heavy atom. The Kier molecular flexibility index (Phi) is 11.7. The van der Waals surface area contributed by atoms with Gasteiger partial charge in [-0.05, 0) is 36.9 Å². The number of halogens is 2. The lowest BCUT2D eigenvalue weighted by Crippen LogP contribution is -2.39. The number of hydrazine groups is 1. The molecule has 1 saturated heterocycles. The van der Waals surface area contributed by atoms with Crippen molar-refractivity contribution in [3.8, 4) is 5.75 Å². The summed E-state index contributed by atoms with van der Waals surface area (Å²) in [6, 6.07) is 14.3. The Labute approximate surface area is 277 Å². The Morgan fingerprint density at radius 1 is 1.22 bits per heavy atom. The number of hydrogen-bond donors (Lipinski definition) is 4. The Hall–Kier alpha value is -2.81. The number of fused-ring (bicyclic) bond motifs is 1. The van der Waals surface area contributed by atoms with Crippen molar-refractivity contribution in [2.24, 2.45) is 5.92 Å². The molecular weight excluding hydrogens is 662 g/mol. The van der Waals surface area contributed by atoms with Crippen molar-refractivity contribution in [2.75, 3.05) is 54.1 Å². The van der Waals surface area contributed by atoms with Gasteiger partial charge in [0.15, 0.2) is 11.6 Å². The molecule has 0 aliphatic carbocycles. The highest BCUT2D eigenvalue weighted by Gasteiger charge is 2.41. The van der Waals surface area contributed by atoms with Gasteiger partial charge in [-0.25, -0.2) is 5.09 Å². The molecule has 1 fully saturated rings. The van der Waals surface area contributed by atoms with Crippen LogP contribution in [0.3, 0.4) is 0 Å². The van der Waals surface area contributed by atoms with Gasteiger partial charge in [-0.1, -0.05) is 66.3 Å². The van der Waals surface area contributed by atoms with Gasteiger partial charge in [-0.2, -0.15) is 14.8 Å². The number of para-hydroxylation sites is 1. The maximum absolute atomic E-state index is 12.6. The molecule has 45 heavy (non-hydrogen) atoms. The van der Waals surface area contributed by atoms with Crippen molar-refractivity contribution in [3.05, 3.63) is 64.1 Å². The van der Waals surface area contributed by atoms with Crippen LogP contribution in [-0.4, -0.2) is 61.4 Å². The van der Waals surface area contributed by atoms with E-state index in [2.05, 4.69) is 37.0 Å². The zero-order valence-electron chi connectivity index (χ0n) is 24.9. The normalized spacial score (nSPS) is 19.6. The lowest BCUT2D eigenvalue weighted by molar-refractivity contribution is -0.143. The van der Waals surface area contributed by atoms with Gasteiger partial charge < -0.3 is 34.5 Å². The second kappa shape index (κ2) is 15.7. The molecule has 3 aromatic rings. The average Bonchev–Trinajstić information content (AvgIpc) is 3.60. The first-order valence-electron chi connectivity index (χ1n) is 14.1. The van der Waals surface area contributed by atoms with Crippen molar-refractivity contribution in [1.82, 2.24) is 19.9 Å². The van der Waals surface area contributed by atoms with Gasteiger partial charge in [0.25, 0.3) is 0 Å². The van der Waals surface area contributed by atoms with E-state index in [1.165, 1.54) is 11.9 Å². The van der Waals surface area contributed by atoms with Crippen LogP contribution in [0.2, 0.25) is 10.0 Å². The van der Waals surface area contributed by atoms with Crippen LogP contribution in [-0.2, 0) is 25.4 Å². The van der Waals surface area contributed by atoms with Crippen LogP contribution in [0.25, 0.3) is 0 Å². The lowest BCUT2D eigenvalue weighted by Gasteiger charge is -2.28. The van der Waals surface area contributed by atoms with Crippen molar-refractivity contribution in [1.29, 1.82) is 0 Å². The molecule has 5 rings (SSSR count). The number of anilines is 4. The van der Waals surface area contributed by atoms with Crippen LogP contribution in [0.4, 0.5) is 23.3 Å². The van der Waals surface area contributed by atoms with Gasteiger partial charge in [-0.3, -0.25) is 9.80 Å². The summed E-state index contributed by atoms with van der Waals surface area (Å²) in [4.78, 5) is 26.7. The maximum Gasteiger partial charge on any atom is 0.320 e. The van der Waals surface area contributed by atoms with Crippen molar-refractivity contribution < 1.29 is 23.3 Å². The van der Waals surface area contributed by atoms with Gasteiger partial charge in [0.2, 0.25) is 5.95 Å². The van der Waals surface area contributed by atoms with Gasteiger partial charge >= 0.3 is 14.5 Å². The molecule has 0 radical (unpaired) electrons. The summed E-state index contributed by atoms with van der Waals surface area (Å²) in [7, 11) is 0.140. The highest BCUT2D eigenvalue weighted by molar-refractivity contribution is 7.96. The summed E-state index contributed by atoms with van der Waals surface area (Å²) in [5.74, 6) is 1.74. The molecule has 5 N–H and O–H groups in total. The van der Waals surface area contributed by atoms with Gasteiger partial charge in [0.1, 0.15) is 30.8 Å². The zero-order valence-corrected chi connectivity index (χ0v) is 28.1. The van der Waals surface area contributed by atoms with E-state index in [0.717, 1.165) is 12.1 Å². The van der Waals surface area contributed by atoms with Gasteiger partial charge in [-0.15, -0.1) is 0 Å². The summed E-state index contributed by atoms with van der Waals surface area (Å²) in [5.41, 5.74) is 7.40. The van der Waals surface area contributed by atoms with Crippen LogP contribution in [0, 0.1) is 5.92 Å². The number of carbonyl (C=O) groups excluding carboxylic acids is 1. The summed E-state index contributed by atoms with van der Waals surface area (Å²) in [5, 5.41) is 9.07. The van der Waals surface area contributed by atoms with Gasteiger partial charge in [0.05, 0.1) is 19.4 Å². The fraction of sp³-hybridized carbons (Fsp3) is 0.393. The second-order valence-electron chi connectivity index (χ2n) is 10.3. The number of hydrogen-bond acceptors (Lipinski definition) is 14. The minimum atomic E-state index is -1.72. The Balaban J connectivity index is 1.19. The lowest BCUT2D eigenvalue weighted by atomic mass is 10.1. The average molecular weight is 698 g/mol. The second-order valence-corrected chi connectivity index (χ2v) is 13.0. The van der Waals surface area contributed by atoms with E-state index >= 15 is 0 Å². The Bertz CT molecular complexity index is 1450. The summed E-state index contributed by atoms with van der Waals surface area (Å²) < 4.78 is 24.1. The number of aromatic nitrogens is 2. The standard InChI is InChI=1S/C28H35Cl2N8O5PS/c1-17-12-19(42-27(17)38-16-32-24-25(37(2)36-45-3)34-28(31)35-26(24)38)14-41-44(43-18-8-5-4-6-9-18)33-13-23(39)40-15-20-21(29)10-7-11-22(20)30/h4-11,17,19,27,32-33,36H,12-16H2,1-3H3,(H2,31,34,35). The van der Waals surface area contributed by atoms with E-state index < -0.39 is 14.5 Å². The Morgan fingerprint density at radius 2 is 1.98 bits per heavy atom. The molecule has 17 heteroatoms. The van der Waals surface area contributed by atoms with Crippen molar-refractivity contribution >= 4 is 72.9 Å². The molecule has 4 unspecified atom stereocenters. The highest BCUT2D eigenvalue weighted by atomic mass is 35.5. The number of ether oxygens (including phenoxy) is 2. The number of benzene rings is 2. The topological polar surface area (TPSA) is 148 Å². The SMILES string of the molecule is CSNN(C)c1nc(N)nc2c1NCN2C1OC(COP(NCC(=O)OCc2c(Cl)cccc2Cl)Oc2ccccc2)CC1C. The van der Waals surface area contributed by atoms with Crippen LogP contribution < -0.4 is 35.4 Å². The predicted molar refractivity (Wildman–Crippen MR) is 179 cm³/mol. The van der Waals surface area contributed by atoms with Crippen LogP contribution in [0.1, 0.15) is 18.9 Å². The van der Waals surface area contributed by atoms with Crippen molar-refractivity contribution in [2.45, 2.75) is 32.3 Å². The summed E-state index contributed by atoms with van der Waals surface area (Å²) >= 11 is 13.8. The van der Waals surface area contributed by atoms with Crippen LogP contribution in [0.5, 0.6) is 5.75 Å². The first kappa shape index (κ1) is 33.6. The number of nitrogen functional groups attached to an aromatic ring is 1. The molecule has 2 aliphatic rings. The first-order chi connectivity index (χ1) is 21.7. The largest absolute Gasteiger partial charge is 0.460 e. The highest BCUT2D eigenvalue weighted by Crippen LogP contribution is 2.42. The van der Waals surface area contributed by atoms with Crippen LogP contribution in [0.15, 0.2) is 48.5 Å². The number of nitrogens with zero attached hydrogens (tertiary/aromatic N) is 4. The van der Waals surface area contributed by atoms with E-state index in [9.17, 15) is 4.79 Å². The fourth-order valence-corrected chi connectivity index (χ4v) is 6.88. The third-order valence-electron chi connectivity index (χ3n) is 6.99. The monoisotopic (exact) mass is 696 g/mol. The molecule has 1 aromatic heterocycles. The number of nitrogens with one attached hydrogen (secondary N) is 3. The third-order valence-corrected chi connectivity index (χ3v) is 9.33. The van der Waals surface area contributed by atoms with E-state index in [-0.39, 0.29) is 44.0 Å². The molecule has 0 saturated carbocycles. The van der Waals surface area contributed by atoms with Gasteiger partial charge in [0, 0.05) is 28.6 Å². The van der Waals surface area contributed by atoms with Crippen molar-refractivity contribution in [3.63, 3.8) is 0 Å². The minimum absolute atomic E-state index is 0.0521. The third kappa shape index (κ3) is 8.52. The molecule has 3 heterocycles. The minimum Gasteiger partial charge on any atom is -0.460 e. The maximum atomic E-state index is 12.6. The molecule has 0 bridgehead atoms. The molecule has 0 amide bonds. The summed E-state index contributed by atoms with van der Waals surface area (Å²) in [6.45, 7) is 2.65. The molecule has 4 atom stereocenters. The first-order valence-corrected chi connectivity index (χ1v) is 17.2. The van der Waals surface area contributed by atoms with E-state index in [1.54, 1.807) is 23.2 Å². The van der Waals surface area contributed by atoms with E-state index in [1.807, 2.05) is 43.6 Å². The number of rotatable bonds is 14. The molecule has 242 valence electrons. The fourth-order valence-electron chi connectivity index (χ4n) is 4.93. The quantitative estimate of drug-likeness (QED) is 0.0759. The number of nitrogens with two attached hydrogens (primary N) is 1. The molecular formula is C28H35Cl2N8O5PS. The smallest absolute Gasteiger partial charge is 0.320 e. The summed E-state index contributed by atoms with van der Waals surface area (Å²) in [6.07, 6.45) is 2.17.